The van der Waals surface area contributed by atoms with Crippen LogP contribution >= 0.6 is 11.8 Å². The van der Waals surface area contributed by atoms with E-state index >= 15 is 0 Å². The summed E-state index contributed by atoms with van der Waals surface area (Å²) < 4.78 is 5.89. The van der Waals surface area contributed by atoms with Crippen molar-refractivity contribution in [2.45, 2.75) is 12.6 Å². The Labute approximate surface area is 150 Å². The molecule has 2 aromatic carbocycles. The fraction of sp³-hybridized carbons (Fsp3) is 0.200. The molecule has 1 unspecified atom stereocenters. The van der Waals surface area contributed by atoms with Crippen molar-refractivity contribution in [3.63, 3.8) is 0 Å². The third-order valence-corrected chi connectivity index (χ3v) is 5.51. The summed E-state index contributed by atoms with van der Waals surface area (Å²) in [6, 6.07) is 17.3. The van der Waals surface area contributed by atoms with E-state index in [-0.39, 0.29) is 11.9 Å². The molecule has 0 spiro atoms. The van der Waals surface area contributed by atoms with Crippen molar-refractivity contribution in [2.24, 2.45) is 0 Å². The van der Waals surface area contributed by atoms with Crippen LogP contribution in [0.3, 0.4) is 0 Å². The summed E-state index contributed by atoms with van der Waals surface area (Å²) in [6.45, 7) is 1.37. The fourth-order valence-electron chi connectivity index (χ4n) is 3.03. The second kappa shape index (κ2) is 6.86. The first kappa shape index (κ1) is 16.1. The van der Waals surface area contributed by atoms with Crippen LogP contribution in [0.5, 0.6) is 0 Å². The summed E-state index contributed by atoms with van der Waals surface area (Å²) in [4.78, 5) is 25.5. The molecule has 4 rings (SSSR count). The van der Waals surface area contributed by atoms with Crippen LogP contribution in [0.2, 0.25) is 0 Å². The molecule has 2 aliphatic rings. The average molecular weight is 351 g/mol. The Hall–Kier alpha value is -2.37. The maximum absolute atomic E-state index is 12.4. The molecule has 126 valence electrons. The van der Waals surface area contributed by atoms with Crippen molar-refractivity contribution < 1.29 is 14.3 Å². The van der Waals surface area contributed by atoms with Gasteiger partial charge in [-0.15, -0.1) is 11.8 Å². The highest BCUT2D eigenvalue weighted by molar-refractivity contribution is 8.08. The average Bonchev–Trinajstić information content (AvgIpc) is 2.67. The van der Waals surface area contributed by atoms with Gasteiger partial charge in [0.15, 0.2) is 5.76 Å². The zero-order valence-electron chi connectivity index (χ0n) is 13.5. The summed E-state index contributed by atoms with van der Waals surface area (Å²) in [7, 11) is 0. The zero-order chi connectivity index (χ0) is 17.2. The van der Waals surface area contributed by atoms with Crippen LogP contribution in [-0.2, 0) is 16.1 Å². The number of hydrogen-bond donors (Lipinski definition) is 1. The van der Waals surface area contributed by atoms with Gasteiger partial charge < -0.3 is 10.1 Å². The molecule has 0 aromatic heterocycles. The molecule has 25 heavy (non-hydrogen) atoms. The molecule has 0 saturated heterocycles. The molecule has 1 aliphatic carbocycles. The minimum Gasteiger partial charge on any atom is -0.483 e. The highest BCUT2D eigenvalue weighted by Gasteiger charge is 2.38. The van der Waals surface area contributed by atoms with Crippen LogP contribution in [0.25, 0.3) is 4.91 Å². The molecule has 0 amide bonds. The molecule has 0 radical (unpaired) electrons. The summed E-state index contributed by atoms with van der Waals surface area (Å²) in [5.74, 6) is -0.0514. The predicted molar refractivity (Wildman–Crippen MR) is 98.2 cm³/mol. The molecule has 1 N–H and O–H groups in total. The highest BCUT2D eigenvalue weighted by Crippen LogP contribution is 2.41. The molecular formula is C20H17NO3S. The van der Waals surface area contributed by atoms with Gasteiger partial charge in [-0.05, 0) is 5.56 Å². The first-order valence-electron chi connectivity index (χ1n) is 8.21. The lowest BCUT2D eigenvalue weighted by molar-refractivity contribution is -0.115. The van der Waals surface area contributed by atoms with Gasteiger partial charge in [0.25, 0.3) is 5.78 Å². The van der Waals surface area contributed by atoms with Crippen LogP contribution in [-0.4, -0.2) is 30.0 Å². The third kappa shape index (κ3) is 3.13. The van der Waals surface area contributed by atoms with Gasteiger partial charge in [0, 0.05) is 30.0 Å². The second-order valence-corrected chi connectivity index (χ2v) is 7.06. The number of ether oxygens (including phenoxy) is 1. The zero-order valence-corrected chi connectivity index (χ0v) is 14.3. The van der Waals surface area contributed by atoms with E-state index in [0.717, 1.165) is 22.8 Å². The lowest BCUT2D eigenvalue weighted by Crippen LogP contribution is -2.36. The summed E-state index contributed by atoms with van der Waals surface area (Å²) in [5, 5.41) is 3.35. The Morgan fingerprint density at radius 2 is 1.68 bits per heavy atom. The maximum Gasteiger partial charge on any atom is 0.269 e. The number of ketones is 2. The monoisotopic (exact) mass is 351 g/mol. The summed E-state index contributed by atoms with van der Waals surface area (Å²) in [5.41, 5.74) is 2.48. The summed E-state index contributed by atoms with van der Waals surface area (Å²) in [6.07, 6.45) is -0.130. The normalized spacial score (nSPS) is 19.3. The third-order valence-electron chi connectivity index (χ3n) is 4.28. The topological polar surface area (TPSA) is 55.4 Å². The Balaban J connectivity index is 1.47. The van der Waals surface area contributed by atoms with Crippen molar-refractivity contribution in [3.05, 3.63) is 77.0 Å². The SMILES string of the molecule is O=C1C(=O)c2ccccc2C2=C1OC(CNCc1ccccc1)CS2. The Morgan fingerprint density at radius 1 is 0.960 bits per heavy atom. The largest absolute Gasteiger partial charge is 0.483 e. The molecule has 5 heteroatoms. The molecular weight excluding hydrogens is 334 g/mol. The minimum atomic E-state index is -0.533. The highest BCUT2D eigenvalue weighted by atomic mass is 32.2. The number of rotatable bonds is 4. The van der Waals surface area contributed by atoms with Gasteiger partial charge in [-0.1, -0.05) is 54.6 Å². The smallest absolute Gasteiger partial charge is 0.269 e. The first-order chi connectivity index (χ1) is 12.2. The van der Waals surface area contributed by atoms with E-state index in [0.29, 0.717) is 12.1 Å². The number of allylic oxidation sites excluding steroid dienone is 1. The Morgan fingerprint density at radius 3 is 2.48 bits per heavy atom. The van der Waals surface area contributed by atoms with Gasteiger partial charge in [0.2, 0.25) is 5.78 Å². The van der Waals surface area contributed by atoms with Crippen molar-refractivity contribution in [3.8, 4) is 0 Å². The second-order valence-electron chi connectivity index (χ2n) is 6.03. The van der Waals surface area contributed by atoms with E-state index in [1.54, 1.807) is 23.9 Å². The van der Waals surface area contributed by atoms with Crippen LogP contribution in [0.1, 0.15) is 21.5 Å². The van der Waals surface area contributed by atoms with Crippen molar-refractivity contribution >= 4 is 28.2 Å². The van der Waals surface area contributed by atoms with Gasteiger partial charge in [-0.2, -0.15) is 0 Å². The quantitative estimate of drug-likeness (QED) is 0.858. The van der Waals surface area contributed by atoms with Crippen molar-refractivity contribution in [1.82, 2.24) is 5.32 Å². The standard InChI is InChI=1S/C20H17NO3S/c22-17-15-8-4-5-9-16(15)20-19(18(17)23)24-14(12-25-20)11-21-10-13-6-2-1-3-7-13/h1-9,14,21H,10-12H2. The van der Waals surface area contributed by atoms with E-state index in [9.17, 15) is 9.59 Å². The molecule has 2 aromatic rings. The molecule has 0 bridgehead atoms. The van der Waals surface area contributed by atoms with Crippen LogP contribution < -0.4 is 5.32 Å². The number of hydrogen-bond acceptors (Lipinski definition) is 5. The van der Waals surface area contributed by atoms with Crippen molar-refractivity contribution in [1.29, 1.82) is 0 Å². The van der Waals surface area contributed by atoms with E-state index in [4.69, 9.17) is 4.74 Å². The van der Waals surface area contributed by atoms with Crippen LogP contribution in [0.15, 0.2) is 60.4 Å². The minimum absolute atomic E-state index is 0.130. The number of carbonyl (C=O) groups is 2. The van der Waals surface area contributed by atoms with Crippen molar-refractivity contribution in [2.75, 3.05) is 12.3 Å². The number of fused-ring (bicyclic) bond motifs is 2. The molecule has 1 heterocycles. The number of carbonyl (C=O) groups excluding carboxylic acids is 2. The van der Waals surface area contributed by atoms with Crippen LogP contribution in [0.4, 0.5) is 0 Å². The Kier molecular flexibility index (Phi) is 4.42. The lowest BCUT2D eigenvalue weighted by Gasteiger charge is -2.30. The van der Waals surface area contributed by atoms with E-state index in [1.807, 2.05) is 30.3 Å². The van der Waals surface area contributed by atoms with E-state index in [2.05, 4.69) is 17.4 Å². The van der Waals surface area contributed by atoms with Crippen LogP contribution in [0, 0.1) is 0 Å². The van der Waals surface area contributed by atoms with Gasteiger partial charge in [-0.25, -0.2) is 0 Å². The fourth-order valence-corrected chi connectivity index (χ4v) is 4.18. The lowest BCUT2D eigenvalue weighted by atomic mass is 9.94. The first-order valence-corrected chi connectivity index (χ1v) is 9.19. The molecule has 0 fully saturated rings. The van der Waals surface area contributed by atoms with Gasteiger partial charge in [0.05, 0.1) is 4.91 Å². The van der Waals surface area contributed by atoms with Gasteiger partial charge in [-0.3, -0.25) is 9.59 Å². The molecule has 1 aliphatic heterocycles. The molecule has 0 saturated carbocycles. The Bertz CT molecular complexity index is 860. The van der Waals surface area contributed by atoms with E-state index < -0.39 is 11.6 Å². The number of benzene rings is 2. The summed E-state index contributed by atoms with van der Waals surface area (Å²) >= 11 is 1.59. The maximum atomic E-state index is 12.4. The molecule has 1 atom stereocenters. The number of nitrogens with one attached hydrogen (secondary N) is 1. The number of thioether (sulfide) groups is 1. The van der Waals surface area contributed by atoms with Gasteiger partial charge in [0.1, 0.15) is 6.10 Å². The number of Topliss-reactive ketones (excluding diaryl/α,β-unsaturated/α-hetero) is 2. The van der Waals surface area contributed by atoms with Gasteiger partial charge >= 0.3 is 0 Å². The predicted octanol–water partition coefficient (Wildman–Crippen LogP) is 3.04. The van der Waals surface area contributed by atoms with E-state index in [1.165, 1.54) is 5.56 Å². The molecule has 4 nitrogen and oxygen atoms in total.